The summed E-state index contributed by atoms with van der Waals surface area (Å²) in [6.07, 6.45) is 0. The van der Waals surface area contributed by atoms with E-state index in [1.807, 2.05) is 13.8 Å². The smallest absolute Gasteiger partial charge is 0.236 e. The molecule has 12 heavy (non-hydrogen) atoms. The maximum atomic E-state index is 11.2. The first-order valence-corrected chi connectivity index (χ1v) is 5.74. The van der Waals surface area contributed by atoms with E-state index in [9.17, 15) is 4.79 Å². The van der Waals surface area contributed by atoms with E-state index in [0.717, 1.165) is 4.43 Å². The number of halogens is 1. The van der Waals surface area contributed by atoms with E-state index < -0.39 is 0 Å². The molecule has 2 atom stereocenters. The van der Waals surface area contributed by atoms with Crippen LogP contribution in [0, 0.1) is 0 Å². The molecule has 0 radical (unpaired) electrons. The molecule has 0 heterocycles. The summed E-state index contributed by atoms with van der Waals surface area (Å²) in [5, 5.41) is 5.97. The van der Waals surface area contributed by atoms with Crippen LogP contribution in [0.25, 0.3) is 0 Å². The van der Waals surface area contributed by atoms with Crippen molar-refractivity contribution in [2.45, 2.75) is 32.9 Å². The Bertz CT molecular complexity index is 141. The highest BCUT2D eigenvalue weighted by Gasteiger charge is 2.12. The fourth-order valence-corrected chi connectivity index (χ4v) is 1.13. The fourth-order valence-electron chi connectivity index (χ4n) is 0.874. The highest BCUT2D eigenvalue weighted by Crippen LogP contribution is 1.92. The maximum Gasteiger partial charge on any atom is 0.236 e. The number of alkyl halides is 1. The molecule has 0 unspecified atom stereocenters. The van der Waals surface area contributed by atoms with Crippen molar-refractivity contribution in [3.63, 3.8) is 0 Å². The summed E-state index contributed by atoms with van der Waals surface area (Å²) >= 11 is 2.30. The first kappa shape index (κ1) is 12.2. The van der Waals surface area contributed by atoms with Crippen LogP contribution < -0.4 is 10.6 Å². The van der Waals surface area contributed by atoms with Crippen LogP contribution in [0.1, 0.15) is 20.8 Å². The molecule has 0 aromatic rings. The van der Waals surface area contributed by atoms with Crippen LogP contribution in [0.5, 0.6) is 0 Å². The van der Waals surface area contributed by atoms with Crippen molar-refractivity contribution in [1.82, 2.24) is 10.6 Å². The Labute approximate surface area is 87.8 Å². The summed E-state index contributed by atoms with van der Waals surface area (Å²) in [7, 11) is 0. The molecule has 0 aliphatic heterocycles. The number of rotatable bonds is 5. The highest BCUT2D eigenvalue weighted by atomic mass is 127. The number of nitrogens with one attached hydrogen (secondary N) is 2. The van der Waals surface area contributed by atoms with Gasteiger partial charge in [0.25, 0.3) is 0 Å². The lowest BCUT2D eigenvalue weighted by molar-refractivity contribution is -0.122. The van der Waals surface area contributed by atoms with Crippen LogP contribution in [-0.4, -0.2) is 29.0 Å². The first-order chi connectivity index (χ1) is 5.61. The van der Waals surface area contributed by atoms with Gasteiger partial charge >= 0.3 is 0 Å². The Balaban J connectivity index is 3.70. The molecule has 0 rings (SSSR count). The monoisotopic (exact) mass is 284 g/mol. The van der Waals surface area contributed by atoms with Crippen LogP contribution in [0.3, 0.4) is 0 Å². The molecule has 1 amide bonds. The molecule has 0 aliphatic rings. The summed E-state index contributed by atoms with van der Waals surface area (Å²) in [6.45, 7) is 6.58. The summed E-state index contributed by atoms with van der Waals surface area (Å²) in [5.41, 5.74) is 0. The zero-order chi connectivity index (χ0) is 9.56. The van der Waals surface area contributed by atoms with Crippen LogP contribution in [0.4, 0.5) is 0 Å². The molecule has 0 saturated carbocycles. The topological polar surface area (TPSA) is 41.1 Å². The molecule has 2 N–H and O–H groups in total. The van der Waals surface area contributed by atoms with Crippen LogP contribution >= 0.6 is 22.6 Å². The van der Waals surface area contributed by atoms with Crippen LogP contribution in [-0.2, 0) is 4.79 Å². The Hall–Kier alpha value is 0.160. The minimum absolute atomic E-state index is 0.0780. The van der Waals surface area contributed by atoms with Crippen molar-refractivity contribution >= 4 is 28.5 Å². The Morgan fingerprint density at radius 1 is 1.50 bits per heavy atom. The predicted octanol–water partition coefficient (Wildman–Crippen LogP) is 0.924. The maximum absolute atomic E-state index is 11.2. The van der Waals surface area contributed by atoms with Crippen molar-refractivity contribution in [2.75, 3.05) is 11.0 Å². The molecular formula is C8H17IN2O. The number of likely N-dealkylation sites (N-methyl/N-ethyl adjacent to an activating group) is 1. The predicted molar refractivity (Wildman–Crippen MR) is 59.6 cm³/mol. The van der Waals surface area contributed by atoms with E-state index in [0.29, 0.717) is 12.6 Å². The largest absolute Gasteiger partial charge is 0.355 e. The second-order valence-corrected chi connectivity index (χ2v) is 3.72. The third-order valence-electron chi connectivity index (χ3n) is 1.51. The van der Waals surface area contributed by atoms with Gasteiger partial charge in [0.2, 0.25) is 5.91 Å². The molecule has 4 heteroatoms. The van der Waals surface area contributed by atoms with Gasteiger partial charge in [-0.3, -0.25) is 4.79 Å². The van der Waals surface area contributed by atoms with Crippen molar-refractivity contribution < 1.29 is 4.79 Å². The van der Waals surface area contributed by atoms with Gasteiger partial charge in [0.05, 0.1) is 6.04 Å². The average molecular weight is 284 g/mol. The van der Waals surface area contributed by atoms with Crippen LogP contribution in [0.2, 0.25) is 0 Å². The van der Waals surface area contributed by atoms with Crippen molar-refractivity contribution in [3.05, 3.63) is 0 Å². The Morgan fingerprint density at radius 3 is 2.50 bits per heavy atom. The standard InChI is InChI=1S/C8H17IN2O/c1-4-10-8(12)7(3)11-6(2)5-9/h6-7,11H,4-5H2,1-3H3,(H,10,12)/t6-,7+/m0/s1. The van der Waals surface area contributed by atoms with Gasteiger partial charge < -0.3 is 10.6 Å². The Kier molecular flexibility index (Phi) is 6.74. The van der Waals surface area contributed by atoms with E-state index in [-0.39, 0.29) is 11.9 Å². The van der Waals surface area contributed by atoms with E-state index in [1.165, 1.54) is 0 Å². The molecule has 0 aromatic heterocycles. The summed E-state index contributed by atoms with van der Waals surface area (Å²) < 4.78 is 1.02. The van der Waals surface area contributed by atoms with Gasteiger partial charge in [0, 0.05) is 17.0 Å². The summed E-state index contributed by atoms with van der Waals surface area (Å²) in [4.78, 5) is 11.2. The fraction of sp³-hybridized carbons (Fsp3) is 0.875. The summed E-state index contributed by atoms with van der Waals surface area (Å²) in [6, 6.07) is 0.304. The van der Waals surface area contributed by atoms with Gasteiger partial charge in [-0.15, -0.1) is 0 Å². The molecule has 0 aliphatic carbocycles. The van der Waals surface area contributed by atoms with Crippen LogP contribution in [0.15, 0.2) is 0 Å². The van der Waals surface area contributed by atoms with Gasteiger partial charge in [-0.05, 0) is 20.8 Å². The van der Waals surface area contributed by atoms with Gasteiger partial charge in [0.1, 0.15) is 0 Å². The first-order valence-electron chi connectivity index (χ1n) is 4.21. The lowest BCUT2D eigenvalue weighted by atomic mass is 10.2. The number of hydrogen-bond acceptors (Lipinski definition) is 2. The second-order valence-electron chi connectivity index (χ2n) is 2.84. The highest BCUT2D eigenvalue weighted by molar-refractivity contribution is 14.1. The Morgan fingerprint density at radius 2 is 2.08 bits per heavy atom. The number of amides is 1. The van der Waals surface area contributed by atoms with E-state index in [4.69, 9.17) is 0 Å². The van der Waals surface area contributed by atoms with Gasteiger partial charge in [-0.25, -0.2) is 0 Å². The number of carbonyl (C=O) groups excluding carboxylic acids is 1. The number of carbonyl (C=O) groups is 1. The van der Waals surface area contributed by atoms with Crippen molar-refractivity contribution in [3.8, 4) is 0 Å². The normalized spacial score (nSPS) is 15.3. The molecule has 0 spiro atoms. The molecular weight excluding hydrogens is 267 g/mol. The molecule has 0 bridgehead atoms. The molecule has 0 fully saturated rings. The molecule has 72 valence electrons. The van der Waals surface area contributed by atoms with Crippen molar-refractivity contribution in [2.24, 2.45) is 0 Å². The van der Waals surface area contributed by atoms with Gasteiger partial charge in [-0.2, -0.15) is 0 Å². The minimum atomic E-state index is -0.0882. The lowest BCUT2D eigenvalue weighted by Gasteiger charge is -2.17. The zero-order valence-electron chi connectivity index (χ0n) is 7.86. The second kappa shape index (κ2) is 6.65. The third-order valence-corrected chi connectivity index (χ3v) is 2.83. The van der Waals surface area contributed by atoms with Crippen molar-refractivity contribution in [1.29, 1.82) is 0 Å². The number of hydrogen-bond donors (Lipinski definition) is 2. The van der Waals surface area contributed by atoms with Gasteiger partial charge in [0.15, 0.2) is 0 Å². The minimum Gasteiger partial charge on any atom is -0.355 e. The molecule has 0 saturated heterocycles. The van der Waals surface area contributed by atoms with E-state index >= 15 is 0 Å². The zero-order valence-corrected chi connectivity index (χ0v) is 10.0. The quantitative estimate of drug-likeness (QED) is 0.582. The average Bonchev–Trinajstić information content (AvgIpc) is 2.04. The molecule has 3 nitrogen and oxygen atoms in total. The van der Waals surface area contributed by atoms with E-state index in [1.54, 1.807) is 0 Å². The third kappa shape index (κ3) is 4.92. The van der Waals surface area contributed by atoms with E-state index in [2.05, 4.69) is 40.1 Å². The van der Waals surface area contributed by atoms with Gasteiger partial charge in [-0.1, -0.05) is 22.6 Å². The summed E-state index contributed by atoms with van der Waals surface area (Å²) in [5.74, 6) is 0.0780. The lowest BCUT2D eigenvalue weighted by Crippen LogP contribution is -2.46. The molecule has 0 aromatic carbocycles. The SMILES string of the molecule is CCNC(=O)[C@@H](C)N[C@@H](C)CI.